The first-order valence-corrected chi connectivity index (χ1v) is 11.4. The molecule has 6 rings (SSSR count). The van der Waals surface area contributed by atoms with E-state index in [9.17, 15) is 4.79 Å². The molecule has 2 atom stereocenters. The standard InChI is InChI=1S/C24H23N3O2S/c1-15-18(23(28)27-10-11-30-24(27)25-15)8-9-26-12-17-14-29-21-7-6-16-4-2-3-5-19(16)22(21)20(17)13-26/h2-7,10-11,17,20H,8-9,12-14H2,1H3/t17-,20-/m0/s1. The molecular weight excluding hydrogens is 394 g/mol. The SMILES string of the molecule is Cc1nc2sccn2c(=O)c1CCN1C[C@H]2COc3ccc4ccccc4c3[C@H]2C1. The Morgan fingerprint density at radius 3 is 3.03 bits per heavy atom. The molecular formula is C24H23N3O2S. The summed E-state index contributed by atoms with van der Waals surface area (Å²) in [7, 11) is 0. The van der Waals surface area contributed by atoms with Gasteiger partial charge in [0.05, 0.1) is 6.61 Å². The Bertz CT molecular complexity index is 1330. The molecule has 4 aromatic rings. The highest BCUT2D eigenvalue weighted by atomic mass is 32.1. The van der Waals surface area contributed by atoms with Crippen molar-refractivity contribution in [3.8, 4) is 5.75 Å². The van der Waals surface area contributed by atoms with E-state index in [1.54, 1.807) is 4.40 Å². The van der Waals surface area contributed by atoms with E-state index in [1.807, 2.05) is 18.5 Å². The van der Waals surface area contributed by atoms with Crippen molar-refractivity contribution in [1.29, 1.82) is 0 Å². The molecule has 5 nitrogen and oxygen atoms in total. The minimum atomic E-state index is 0.0787. The van der Waals surface area contributed by atoms with Crippen molar-refractivity contribution in [3.63, 3.8) is 0 Å². The predicted molar refractivity (Wildman–Crippen MR) is 120 cm³/mol. The summed E-state index contributed by atoms with van der Waals surface area (Å²) in [5.41, 5.74) is 3.14. The summed E-state index contributed by atoms with van der Waals surface area (Å²) in [6.07, 6.45) is 2.56. The van der Waals surface area contributed by atoms with Crippen LogP contribution in [0.3, 0.4) is 0 Å². The predicted octanol–water partition coefficient (Wildman–Crippen LogP) is 3.87. The first-order chi connectivity index (χ1) is 14.7. The van der Waals surface area contributed by atoms with Gasteiger partial charge in [-0.2, -0.15) is 0 Å². The van der Waals surface area contributed by atoms with Crippen LogP contribution in [0.15, 0.2) is 52.8 Å². The van der Waals surface area contributed by atoms with Gasteiger partial charge in [0.15, 0.2) is 4.96 Å². The molecule has 0 amide bonds. The first-order valence-electron chi connectivity index (χ1n) is 10.5. The van der Waals surface area contributed by atoms with Crippen molar-refractivity contribution in [3.05, 3.63) is 75.1 Å². The summed E-state index contributed by atoms with van der Waals surface area (Å²) in [5.74, 6) is 2.03. The van der Waals surface area contributed by atoms with Crippen molar-refractivity contribution in [2.75, 3.05) is 26.2 Å². The molecule has 6 heteroatoms. The second kappa shape index (κ2) is 6.93. The summed E-state index contributed by atoms with van der Waals surface area (Å²) in [6, 6.07) is 12.9. The zero-order chi connectivity index (χ0) is 20.2. The van der Waals surface area contributed by atoms with Gasteiger partial charge in [0.1, 0.15) is 5.75 Å². The number of aryl methyl sites for hydroxylation is 1. The van der Waals surface area contributed by atoms with Gasteiger partial charge in [0.25, 0.3) is 5.56 Å². The molecule has 0 radical (unpaired) electrons. The van der Waals surface area contributed by atoms with Crippen LogP contribution in [-0.2, 0) is 6.42 Å². The lowest BCUT2D eigenvalue weighted by atomic mass is 9.84. The maximum Gasteiger partial charge on any atom is 0.261 e. The molecule has 1 fully saturated rings. The Morgan fingerprint density at radius 1 is 1.20 bits per heavy atom. The molecule has 2 aliphatic rings. The highest BCUT2D eigenvalue weighted by Crippen LogP contribution is 2.45. The molecule has 2 aromatic heterocycles. The highest BCUT2D eigenvalue weighted by Gasteiger charge is 2.39. The lowest BCUT2D eigenvalue weighted by Gasteiger charge is -2.29. The number of aromatic nitrogens is 2. The lowest BCUT2D eigenvalue weighted by molar-refractivity contribution is 0.214. The van der Waals surface area contributed by atoms with E-state index in [0.29, 0.717) is 11.8 Å². The van der Waals surface area contributed by atoms with E-state index in [4.69, 9.17) is 4.74 Å². The molecule has 1 saturated heterocycles. The number of hydrogen-bond donors (Lipinski definition) is 0. The average Bonchev–Trinajstić information content (AvgIpc) is 3.39. The maximum atomic E-state index is 12.9. The number of benzene rings is 2. The molecule has 2 aromatic carbocycles. The minimum absolute atomic E-state index is 0.0787. The van der Waals surface area contributed by atoms with Gasteiger partial charge >= 0.3 is 0 Å². The second-order valence-corrected chi connectivity index (χ2v) is 9.30. The average molecular weight is 418 g/mol. The molecule has 0 aliphatic carbocycles. The smallest absolute Gasteiger partial charge is 0.261 e. The van der Waals surface area contributed by atoms with Gasteiger partial charge in [-0.1, -0.05) is 30.3 Å². The summed E-state index contributed by atoms with van der Waals surface area (Å²) in [6.45, 7) is 5.64. The van der Waals surface area contributed by atoms with Gasteiger partial charge in [-0.05, 0) is 30.2 Å². The highest BCUT2D eigenvalue weighted by molar-refractivity contribution is 7.15. The summed E-state index contributed by atoms with van der Waals surface area (Å²) >= 11 is 1.50. The molecule has 152 valence electrons. The number of thiazole rings is 1. The van der Waals surface area contributed by atoms with E-state index < -0.39 is 0 Å². The van der Waals surface area contributed by atoms with Gasteiger partial charge in [-0.3, -0.25) is 9.20 Å². The zero-order valence-corrected chi connectivity index (χ0v) is 17.7. The van der Waals surface area contributed by atoms with Crippen molar-refractivity contribution in [2.24, 2.45) is 5.92 Å². The Kier molecular flexibility index (Phi) is 4.18. The molecule has 0 saturated carbocycles. The lowest BCUT2D eigenvalue weighted by Crippen LogP contribution is -2.28. The number of ether oxygens (including phenoxy) is 1. The Hall–Kier alpha value is -2.70. The summed E-state index contributed by atoms with van der Waals surface area (Å²) in [4.78, 5) is 20.8. The number of nitrogens with zero attached hydrogens (tertiary/aromatic N) is 3. The van der Waals surface area contributed by atoms with Gasteiger partial charge in [-0.25, -0.2) is 4.98 Å². The molecule has 0 unspecified atom stereocenters. The van der Waals surface area contributed by atoms with Crippen LogP contribution >= 0.6 is 11.3 Å². The third-order valence-electron chi connectivity index (χ3n) is 6.72. The fourth-order valence-electron chi connectivity index (χ4n) is 5.20. The topological polar surface area (TPSA) is 46.8 Å². The number of hydrogen-bond acceptors (Lipinski definition) is 5. The third kappa shape index (κ3) is 2.78. The number of likely N-dealkylation sites (tertiary alicyclic amines) is 1. The molecule has 4 heterocycles. The zero-order valence-electron chi connectivity index (χ0n) is 16.9. The fourth-order valence-corrected chi connectivity index (χ4v) is 5.95. The third-order valence-corrected chi connectivity index (χ3v) is 7.47. The van der Waals surface area contributed by atoms with E-state index in [-0.39, 0.29) is 5.56 Å². The normalized spacial score (nSPS) is 21.0. The van der Waals surface area contributed by atoms with Gasteiger partial charge < -0.3 is 9.64 Å². The van der Waals surface area contributed by atoms with E-state index in [2.05, 4.69) is 46.3 Å². The van der Waals surface area contributed by atoms with Crippen LogP contribution in [0.5, 0.6) is 5.75 Å². The van der Waals surface area contributed by atoms with Crippen LogP contribution in [0.1, 0.15) is 22.7 Å². The maximum absolute atomic E-state index is 12.9. The quantitative estimate of drug-likeness (QED) is 0.508. The van der Waals surface area contributed by atoms with Crippen LogP contribution in [0, 0.1) is 12.8 Å². The van der Waals surface area contributed by atoms with Crippen molar-refractivity contribution < 1.29 is 4.74 Å². The van der Waals surface area contributed by atoms with Crippen LogP contribution in [0.4, 0.5) is 0 Å². The summed E-state index contributed by atoms with van der Waals surface area (Å²) in [5, 5.41) is 4.50. The largest absolute Gasteiger partial charge is 0.493 e. The monoisotopic (exact) mass is 417 g/mol. The fraction of sp³-hybridized carbons (Fsp3) is 0.333. The summed E-state index contributed by atoms with van der Waals surface area (Å²) < 4.78 is 7.82. The molecule has 0 spiro atoms. The van der Waals surface area contributed by atoms with Crippen LogP contribution in [-0.4, -0.2) is 40.5 Å². The minimum Gasteiger partial charge on any atom is -0.493 e. The molecule has 0 N–H and O–H groups in total. The Morgan fingerprint density at radius 2 is 2.10 bits per heavy atom. The van der Waals surface area contributed by atoms with Gasteiger partial charge in [-0.15, -0.1) is 11.3 Å². The van der Waals surface area contributed by atoms with Gasteiger partial charge in [0.2, 0.25) is 0 Å². The van der Waals surface area contributed by atoms with Crippen LogP contribution in [0.25, 0.3) is 15.7 Å². The van der Waals surface area contributed by atoms with Crippen molar-refractivity contribution in [1.82, 2.24) is 14.3 Å². The Balaban J connectivity index is 1.27. The van der Waals surface area contributed by atoms with E-state index in [1.165, 1.54) is 27.7 Å². The molecule has 30 heavy (non-hydrogen) atoms. The van der Waals surface area contributed by atoms with E-state index >= 15 is 0 Å². The van der Waals surface area contributed by atoms with Crippen LogP contribution in [0.2, 0.25) is 0 Å². The second-order valence-electron chi connectivity index (χ2n) is 8.42. The van der Waals surface area contributed by atoms with Crippen molar-refractivity contribution >= 4 is 27.1 Å². The van der Waals surface area contributed by atoms with E-state index in [0.717, 1.165) is 54.6 Å². The van der Waals surface area contributed by atoms with Crippen LogP contribution < -0.4 is 10.3 Å². The Labute approximate surface area is 178 Å². The number of fused-ring (bicyclic) bond motifs is 6. The van der Waals surface area contributed by atoms with Gasteiger partial charge in [0, 0.05) is 59.9 Å². The number of rotatable bonds is 3. The molecule has 2 aliphatic heterocycles. The van der Waals surface area contributed by atoms with Crippen molar-refractivity contribution in [2.45, 2.75) is 19.3 Å². The first kappa shape index (κ1) is 18.1. The molecule has 0 bridgehead atoms.